The number of para-hydroxylation sites is 1. The van der Waals surface area contributed by atoms with E-state index in [4.69, 9.17) is 9.47 Å². The molecular formula is C22H20BrNO4. The van der Waals surface area contributed by atoms with Crippen LogP contribution in [0.4, 0.5) is 5.69 Å². The summed E-state index contributed by atoms with van der Waals surface area (Å²) >= 11 is 3.64. The molecule has 28 heavy (non-hydrogen) atoms. The lowest BCUT2D eigenvalue weighted by Crippen LogP contribution is -2.40. The summed E-state index contributed by atoms with van der Waals surface area (Å²) in [7, 11) is 0. The van der Waals surface area contributed by atoms with Gasteiger partial charge in [0.1, 0.15) is 17.6 Å². The van der Waals surface area contributed by atoms with Crippen molar-refractivity contribution in [2.75, 3.05) is 5.32 Å². The summed E-state index contributed by atoms with van der Waals surface area (Å²) in [5.74, 6) is 0.871. The predicted octanol–water partition coefficient (Wildman–Crippen LogP) is 4.30. The van der Waals surface area contributed by atoms with E-state index in [2.05, 4.69) is 21.2 Å². The third-order valence-corrected chi connectivity index (χ3v) is 7.47. The first-order valence-corrected chi connectivity index (χ1v) is 10.4. The average Bonchev–Trinajstić information content (AvgIpc) is 3.29. The Balaban J connectivity index is 1.28. The second kappa shape index (κ2) is 6.62. The normalized spacial score (nSPS) is 32.3. The van der Waals surface area contributed by atoms with E-state index in [1.54, 1.807) is 0 Å². The number of carbonyl (C=O) groups is 2. The van der Waals surface area contributed by atoms with Crippen molar-refractivity contribution in [3.05, 3.63) is 54.1 Å². The van der Waals surface area contributed by atoms with Crippen molar-refractivity contribution in [2.24, 2.45) is 23.7 Å². The number of rotatable bonds is 4. The molecule has 0 spiro atoms. The van der Waals surface area contributed by atoms with Crippen LogP contribution in [0.2, 0.25) is 0 Å². The Morgan fingerprint density at radius 1 is 1.14 bits per heavy atom. The van der Waals surface area contributed by atoms with Gasteiger partial charge in [-0.3, -0.25) is 9.59 Å². The zero-order chi connectivity index (χ0) is 19.4. The van der Waals surface area contributed by atoms with Crippen LogP contribution in [-0.2, 0) is 14.3 Å². The minimum Gasteiger partial charge on any atom is -0.461 e. The quantitative estimate of drug-likeness (QED) is 0.567. The van der Waals surface area contributed by atoms with Crippen molar-refractivity contribution in [1.82, 2.24) is 0 Å². The Kier molecular flexibility index (Phi) is 4.19. The van der Waals surface area contributed by atoms with Gasteiger partial charge in [-0.05, 0) is 55.2 Å². The number of fused-ring (bicyclic) bond motifs is 1. The third kappa shape index (κ3) is 2.73. The molecule has 3 aliphatic rings. The SMILES string of the molecule is Cc1ccccc1Oc1ccc(NC(=O)[C@@H]2[C@H]3C[C@H]4[C@H](OC(=O)[C@H]42)[C@@H]3Br)cc1. The van der Waals surface area contributed by atoms with Crippen LogP contribution in [0.3, 0.4) is 0 Å². The number of aryl methyl sites for hydroxylation is 1. The van der Waals surface area contributed by atoms with Crippen LogP contribution < -0.4 is 10.1 Å². The fourth-order valence-corrected chi connectivity index (χ4v) is 6.00. The van der Waals surface area contributed by atoms with E-state index in [1.165, 1.54) is 0 Å². The summed E-state index contributed by atoms with van der Waals surface area (Å²) in [4.78, 5) is 25.2. The molecular weight excluding hydrogens is 422 g/mol. The largest absolute Gasteiger partial charge is 0.461 e. The topological polar surface area (TPSA) is 64.6 Å². The summed E-state index contributed by atoms with van der Waals surface area (Å²) in [5, 5.41) is 2.97. The number of carbonyl (C=O) groups excluding carboxylic acids is 2. The molecule has 144 valence electrons. The zero-order valence-corrected chi connectivity index (χ0v) is 16.9. The van der Waals surface area contributed by atoms with E-state index < -0.39 is 0 Å². The fraction of sp³-hybridized carbons (Fsp3) is 0.364. The number of nitrogens with one attached hydrogen (secondary N) is 1. The van der Waals surface area contributed by atoms with Crippen LogP contribution in [0.1, 0.15) is 12.0 Å². The summed E-state index contributed by atoms with van der Waals surface area (Å²) in [6, 6.07) is 15.1. The molecule has 2 aliphatic carbocycles. The molecule has 3 fully saturated rings. The van der Waals surface area contributed by atoms with Gasteiger partial charge in [0, 0.05) is 11.6 Å². The van der Waals surface area contributed by atoms with Crippen LogP contribution in [-0.4, -0.2) is 22.8 Å². The van der Waals surface area contributed by atoms with E-state index in [9.17, 15) is 9.59 Å². The van der Waals surface area contributed by atoms with Crippen molar-refractivity contribution in [1.29, 1.82) is 0 Å². The number of hydrogen-bond donors (Lipinski definition) is 1. The lowest BCUT2D eigenvalue weighted by molar-refractivity contribution is -0.145. The number of halogens is 1. The van der Waals surface area contributed by atoms with Crippen molar-refractivity contribution >= 4 is 33.5 Å². The zero-order valence-electron chi connectivity index (χ0n) is 15.3. The average molecular weight is 442 g/mol. The lowest BCUT2D eigenvalue weighted by Gasteiger charge is -2.27. The fourth-order valence-electron chi connectivity index (χ4n) is 4.96. The summed E-state index contributed by atoms with van der Waals surface area (Å²) in [6.45, 7) is 2.00. The molecule has 1 heterocycles. The Morgan fingerprint density at radius 3 is 2.64 bits per heavy atom. The molecule has 1 N–H and O–H groups in total. The molecule has 2 aromatic rings. The van der Waals surface area contributed by atoms with Crippen molar-refractivity contribution < 1.29 is 19.1 Å². The summed E-state index contributed by atoms with van der Waals surface area (Å²) < 4.78 is 11.4. The molecule has 0 aromatic heterocycles. The molecule has 0 unspecified atom stereocenters. The first-order chi connectivity index (χ1) is 13.5. The van der Waals surface area contributed by atoms with Crippen LogP contribution in [0.15, 0.2) is 48.5 Å². The second-order valence-electron chi connectivity index (χ2n) is 7.84. The number of esters is 1. The lowest BCUT2D eigenvalue weighted by atomic mass is 9.79. The number of ether oxygens (including phenoxy) is 2. The third-order valence-electron chi connectivity index (χ3n) is 6.27. The number of anilines is 1. The highest BCUT2D eigenvalue weighted by Gasteiger charge is 2.67. The molecule has 5 rings (SSSR count). The highest BCUT2D eigenvalue weighted by Crippen LogP contribution is 2.60. The Morgan fingerprint density at radius 2 is 1.89 bits per heavy atom. The van der Waals surface area contributed by atoms with E-state index in [0.29, 0.717) is 11.4 Å². The Labute approximate surface area is 171 Å². The molecule has 1 aliphatic heterocycles. The second-order valence-corrected chi connectivity index (χ2v) is 8.90. The van der Waals surface area contributed by atoms with Gasteiger partial charge in [-0.15, -0.1) is 0 Å². The summed E-state index contributed by atoms with van der Waals surface area (Å²) in [5.41, 5.74) is 1.75. The van der Waals surface area contributed by atoms with Crippen molar-refractivity contribution in [3.63, 3.8) is 0 Å². The van der Waals surface area contributed by atoms with Crippen LogP contribution in [0.5, 0.6) is 11.5 Å². The van der Waals surface area contributed by atoms with Gasteiger partial charge in [-0.1, -0.05) is 34.1 Å². The van der Waals surface area contributed by atoms with Gasteiger partial charge in [0.2, 0.25) is 5.91 Å². The minimum absolute atomic E-state index is 0.0653. The molecule has 2 saturated carbocycles. The number of alkyl halides is 1. The molecule has 6 atom stereocenters. The highest BCUT2D eigenvalue weighted by molar-refractivity contribution is 9.09. The van der Waals surface area contributed by atoms with Crippen LogP contribution in [0.25, 0.3) is 0 Å². The molecule has 1 saturated heterocycles. The first kappa shape index (κ1) is 17.7. The van der Waals surface area contributed by atoms with E-state index in [-0.39, 0.29) is 46.5 Å². The van der Waals surface area contributed by atoms with E-state index in [1.807, 2.05) is 55.5 Å². The van der Waals surface area contributed by atoms with Crippen LogP contribution >= 0.6 is 15.9 Å². The summed E-state index contributed by atoms with van der Waals surface area (Å²) in [6.07, 6.45) is 0.808. The van der Waals surface area contributed by atoms with Gasteiger partial charge < -0.3 is 14.8 Å². The smallest absolute Gasteiger partial charge is 0.310 e. The maximum absolute atomic E-state index is 12.9. The van der Waals surface area contributed by atoms with Gasteiger partial charge in [-0.25, -0.2) is 0 Å². The number of amides is 1. The Bertz CT molecular complexity index is 944. The van der Waals surface area contributed by atoms with Gasteiger partial charge in [0.05, 0.1) is 16.7 Å². The number of benzene rings is 2. The molecule has 2 aromatic carbocycles. The van der Waals surface area contributed by atoms with Crippen molar-refractivity contribution in [2.45, 2.75) is 24.3 Å². The monoisotopic (exact) mass is 441 g/mol. The molecule has 5 nitrogen and oxygen atoms in total. The van der Waals surface area contributed by atoms with E-state index in [0.717, 1.165) is 17.7 Å². The van der Waals surface area contributed by atoms with Crippen LogP contribution in [0, 0.1) is 30.6 Å². The minimum atomic E-state index is -0.330. The molecule has 6 heteroatoms. The van der Waals surface area contributed by atoms with Gasteiger partial charge in [0.25, 0.3) is 0 Å². The predicted molar refractivity (Wildman–Crippen MR) is 107 cm³/mol. The first-order valence-electron chi connectivity index (χ1n) is 9.52. The highest BCUT2D eigenvalue weighted by atomic mass is 79.9. The van der Waals surface area contributed by atoms with Gasteiger partial charge >= 0.3 is 5.97 Å². The Hall–Kier alpha value is -2.34. The molecule has 2 bridgehead atoms. The maximum atomic E-state index is 12.9. The van der Waals surface area contributed by atoms with Gasteiger partial charge in [0.15, 0.2) is 0 Å². The van der Waals surface area contributed by atoms with E-state index >= 15 is 0 Å². The molecule has 0 radical (unpaired) electrons. The van der Waals surface area contributed by atoms with Gasteiger partial charge in [-0.2, -0.15) is 0 Å². The van der Waals surface area contributed by atoms with Crippen molar-refractivity contribution in [3.8, 4) is 11.5 Å². The maximum Gasteiger partial charge on any atom is 0.310 e. The molecule has 1 amide bonds. The standard InChI is InChI=1S/C22H20BrNO4/c1-11-4-2-3-5-16(11)27-13-8-6-12(7-9-13)24-21(25)17-14-10-15-18(17)22(26)28-20(15)19(14)23/h2-9,14-15,17-20H,10H2,1H3,(H,24,25)/t14-,15-,17-,18-,19-,20+/m1/s1. The number of hydrogen-bond acceptors (Lipinski definition) is 4.